The Hall–Kier alpha value is -2.54. The maximum absolute atomic E-state index is 5.48. The molecule has 7 nitrogen and oxygen atoms in total. The molecule has 0 unspecified atom stereocenters. The molecule has 0 fully saturated rings. The van der Waals surface area contributed by atoms with Crippen molar-refractivity contribution in [3.63, 3.8) is 0 Å². The summed E-state index contributed by atoms with van der Waals surface area (Å²) in [7, 11) is 0. The first kappa shape index (κ1) is 12.5. The number of benzene rings is 1. The molecule has 0 saturated carbocycles. The van der Waals surface area contributed by atoms with Crippen molar-refractivity contribution in [1.29, 1.82) is 0 Å². The average Bonchev–Trinajstić information content (AvgIpc) is 3.10. The zero-order chi connectivity index (χ0) is 13.8. The minimum Gasteiger partial charge on any atom is -0.337 e. The number of nitrogens with two attached hydrogens (primary N) is 1. The maximum Gasteiger partial charge on any atom is 0.248 e. The van der Waals surface area contributed by atoms with E-state index in [2.05, 4.69) is 20.5 Å². The summed E-state index contributed by atoms with van der Waals surface area (Å²) in [6, 6.07) is 10.0. The van der Waals surface area contributed by atoms with E-state index in [-0.39, 0.29) is 0 Å². The molecule has 0 aliphatic carbocycles. The van der Waals surface area contributed by atoms with Crippen molar-refractivity contribution in [1.82, 2.24) is 25.1 Å². The Labute approximate surface area is 115 Å². The lowest BCUT2D eigenvalue weighted by Crippen LogP contribution is -2.01. The summed E-state index contributed by atoms with van der Waals surface area (Å²) in [6.45, 7) is 0.762. The van der Waals surface area contributed by atoms with Crippen LogP contribution in [0.4, 0.5) is 0 Å². The van der Waals surface area contributed by atoms with Gasteiger partial charge in [-0.1, -0.05) is 40.7 Å². The van der Waals surface area contributed by atoms with Crippen LogP contribution in [0.25, 0.3) is 0 Å². The van der Waals surface area contributed by atoms with Crippen LogP contribution in [0, 0.1) is 0 Å². The van der Waals surface area contributed by atoms with Gasteiger partial charge < -0.3 is 10.3 Å². The zero-order valence-electron chi connectivity index (χ0n) is 10.8. The molecule has 0 saturated heterocycles. The van der Waals surface area contributed by atoms with Gasteiger partial charge in [-0.15, -0.1) is 5.10 Å². The predicted molar refractivity (Wildman–Crippen MR) is 70.6 cm³/mol. The molecule has 0 spiro atoms. The molecule has 0 aliphatic rings. The van der Waals surface area contributed by atoms with Crippen LogP contribution in [0.2, 0.25) is 0 Å². The van der Waals surface area contributed by atoms with Crippen molar-refractivity contribution in [2.24, 2.45) is 5.73 Å². The van der Waals surface area contributed by atoms with Crippen LogP contribution in [0.1, 0.15) is 23.0 Å². The number of hydrogen-bond donors (Lipinski definition) is 1. The highest BCUT2D eigenvalue weighted by Crippen LogP contribution is 2.07. The maximum atomic E-state index is 5.48. The summed E-state index contributed by atoms with van der Waals surface area (Å²) in [6.07, 6.45) is 2.41. The van der Waals surface area contributed by atoms with Gasteiger partial charge in [-0.2, -0.15) is 4.98 Å². The number of aromatic nitrogens is 5. The van der Waals surface area contributed by atoms with Crippen molar-refractivity contribution in [3.8, 4) is 0 Å². The molecule has 102 valence electrons. The lowest BCUT2D eigenvalue weighted by atomic mass is 10.1. The highest BCUT2D eigenvalue weighted by molar-refractivity contribution is 5.18. The average molecular weight is 270 g/mol. The van der Waals surface area contributed by atoms with Gasteiger partial charge in [0.05, 0.1) is 11.9 Å². The van der Waals surface area contributed by atoms with E-state index in [4.69, 9.17) is 10.3 Å². The monoisotopic (exact) mass is 270 g/mol. The molecule has 2 heterocycles. The molecule has 0 amide bonds. The summed E-state index contributed by atoms with van der Waals surface area (Å²) >= 11 is 0. The van der Waals surface area contributed by atoms with Crippen LogP contribution >= 0.6 is 0 Å². The molecule has 2 aromatic heterocycles. The van der Waals surface area contributed by atoms with Gasteiger partial charge in [-0.3, -0.25) is 0 Å². The SMILES string of the molecule is NCc1cn(Cc2nc(Cc3ccccc3)no2)nn1. The summed E-state index contributed by atoms with van der Waals surface area (Å²) in [5, 5.41) is 11.8. The molecule has 0 atom stereocenters. The molecule has 7 heteroatoms. The Balaban J connectivity index is 1.67. The first-order chi connectivity index (χ1) is 9.83. The quantitative estimate of drug-likeness (QED) is 0.735. The molecular weight excluding hydrogens is 256 g/mol. The van der Waals surface area contributed by atoms with E-state index in [9.17, 15) is 0 Å². The minimum atomic E-state index is 0.364. The number of nitrogens with zero attached hydrogens (tertiary/aromatic N) is 5. The molecular formula is C13H14N6O. The van der Waals surface area contributed by atoms with Gasteiger partial charge in [0.2, 0.25) is 5.89 Å². The van der Waals surface area contributed by atoms with Crippen LogP contribution in [-0.2, 0) is 19.5 Å². The van der Waals surface area contributed by atoms with Gasteiger partial charge >= 0.3 is 0 Å². The fourth-order valence-electron chi connectivity index (χ4n) is 1.85. The zero-order valence-corrected chi connectivity index (χ0v) is 10.8. The van der Waals surface area contributed by atoms with Crippen LogP contribution in [0.3, 0.4) is 0 Å². The molecule has 3 rings (SSSR count). The third-order valence-corrected chi connectivity index (χ3v) is 2.81. The molecule has 20 heavy (non-hydrogen) atoms. The van der Waals surface area contributed by atoms with E-state index in [0.717, 1.165) is 11.3 Å². The predicted octanol–water partition coefficient (Wildman–Crippen LogP) is 0.759. The molecule has 3 aromatic rings. The lowest BCUT2D eigenvalue weighted by molar-refractivity contribution is 0.360. The first-order valence-corrected chi connectivity index (χ1v) is 6.28. The van der Waals surface area contributed by atoms with Gasteiger partial charge in [-0.25, -0.2) is 4.68 Å². The van der Waals surface area contributed by atoms with E-state index in [0.29, 0.717) is 31.2 Å². The molecule has 1 aromatic carbocycles. The van der Waals surface area contributed by atoms with Gasteiger partial charge in [0.25, 0.3) is 0 Å². The van der Waals surface area contributed by atoms with E-state index >= 15 is 0 Å². The fourth-order valence-corrected chi connectivity index (χ4v) is 1.85. The van der Waals surface area contributed by atoms with Crippen molar-refractivity contribution < 1.29 is 4.52 Å². The first-order valence-electron chi connectivity index (χ1n) is 6.28. The van der Waals surface area contributed by atoms with Gasteiger partial charge in [0, 0.05) is 13.0 Å². The Morgan fingerprint density at radius 2 is 2.05 bits per heavy atom. The second kappa shape index (κ2) is 5.62. The highest BCUT2D eigenvalue weighted by Gasteiger charge is 2.09. The third kappa shape index (κ3) is 2.89. The third-order valence-electron chi connectivity index (χ3n) is 2.81. The summed E-state index contributed by atoms with van der Waals surface area (Å²) in [5.41, 5.74) is 7.35. The van der Waals surface area contributed by atoms with E-state index in [1.54, 1.807) is 10.9 Å². The van der Waals surface area contributed by atoms with Crippen molar-refractivity contribution in [2.45, 2.75) is 19.5 Å². The molecule has 0 aliphatic heterocycles. The molecule has 2 N–H and O–H groups in total. The Kier molecular flexibility index (Phi) is 3.51. The van der Waals surface area contributed by atoms with E-state index < -0.39 is 0 Å². The summed E-state index contributed by atoms with van der Waals surface area (Å²) < 4.78 is 6.83. The normalized spacial score (nSPS) is 10.8. The molecule has 0 radical (unpaired) electrons. The fraction of sp³-hybridized carbons (Fsp3) is 0.231. The van der Waals surface area contributed by atoms with Gasteiger partial charge in [0.15, 0.2) is 5.82 Å². The summed E-state index contributed by atoms with van der Waals surface area (Å²) in [4.78, 5) is 4.34. The van der Waals surface area contributed by atoms with Crippen LogP contribution < -0.4 is 5.73 Å². The second-order valence-corrected chi connectivity index (χ2v) is 4.38. The number of rotatable bonds is 5. The standard InChI is InChI=1S/C13H14N6O/c14-7-11-8-19(18-16-11)9-13-15-12(17-20-13)6-10-4-2-1-3-5-10/h1-5,8H,6-7,9,14H2. The van der Waals surface area contributed by atoms with Crippen molar-refractivity contribution in [3.05, 3.63) is 59.5 Å². The van der Waals surface area contributed by atoms with Crippen molar-refractivity contribution >= 4 is 0 Å². The van der Waals surface area contributed by atoms with Gasteiger partial charge in [-0.05, 0) is 5.56 Å². The Morgan fingerprint density at radius 3 is 2.80 bits per heavy atom. The highest BCUT2D eigenvalue weighted by atomic mass is 16.5. The summed E-state index contributed by atoms with van der Waals surface area (Å²) in [5.74, 6) is 1.16. The van der Waals surface area contributed by atoms with E-state index in [1.165, 1.54) is 0 Å². The minimum absolute atomic E-state index is 0.364. The largest absolute Gasteiger partial charge is 0.337 e. The topological polar surface area (TPSA) is 95.7 Å². The van der Waals surface area contributed by atoms with Crippen LogP contribution in [0.15, 0.2) is 41.1 Å². The Morgan fingerprint density at radius 1 is 1.20 bits per heavy atom. The number of hydrogen-bond acceptors (Lipinski definition) is 6. The van der Waals surface area contributed by atoms with Gasteiger partial charge in [0.1, 0.15) is 6.54 Å². The second-order valence-electron chi connectivity index (χ2n) is 4.38. The van der Waals surface area contributed by atoms with E-state index in [1.807, 2.05) is 30.3 Å². The van der Waals surface area contributed by atoms with Crippen LogP contribution in [0.5, 0.6) is 0 Å². The Bertz CT molecular complexity index is 675. The van der Waals surface area contributed by atoms with Crippen LogP contribution in [-0.4, -0.2) is 25.1 Å². The smallest absolute Gasteiger partial charge is 0.248 e. The molecule has 0 bridgehead atoms. The van der Waals surface area contributed by atoms with Crippen molar-refractivity contribution in [2.75, 3.05) is 0 Å². The lowest BCUT2D eigenvalue weighted by Gasteiger charge is -1.94.